The van der Waals surface area contributed by atoms with Crippen molar-refractivity contribution in [3.05, 3.63) is 59.9 Å². The van der Waals surface area contributed by atoms with E-state index in [9.17, 15) is 14.3 Å². The number of carbonyl (C=O) groups excluding carboxylic acids is 1. The third kappa shape index (κ3) is 3.71. The summed E-state index contributed by atoms with van der Waals surface area (Å²) in [4.78, 5) is 11.6. The summed E-state index contributed by atoms with van der Waals surface area (Å²) >= 11 is 0. The zero-order chi connectivity index (χ0) is 14.4. The van der Waals surface area contributed by atoms with Crippen LogP contribution in [-0.2, 0) is 11.3 Å². The molecule has 4 nitrogen and oxygen atoms in total. The van der Waals surface area contributed by atoms with Crippen molar-refractivity contribution < 1.29 is 19.0 Å². The molecule has 2 aromatic rings. The standard InChI is InChI=1S/C15H14FNO3/c16-12-6-2-1-5-11(12)9-17-15(19)10-20-14-8-4-3-7-13(14)18/h1-8,18H,9-10H2,(H,17,19). The van der Waals surface area contributed by atoms with Gasteiger partial charge in [-0.05, 0) is 18.2 Å². The van der Waals surface area contributed by atoms with Gasteiger partial charge in [-0.25, -0.2) is 4.39 Å². The maximum absolute atomic E-state index is 13.3. The molecule has 0 aromatic heterocycles. The number of amides is 1. The van der Waals surface area contributed by atoms with Crippen LogP contribution in [0.4, 0.5) is 4.39 Å². The van der Waals surface area contributed by atoms with Crippen LogP contribution in [0.3, 0.4) is 0 Å². The van der Waals surface area contributed by atoms with E-state index in [2.05, 4.69) is 5.32 Å². The Bertz CT molecular complexity index is 550. The SMILES string of the molecule is O=C(COc1ccccc1O)NCc1ccccc1F. The zero-order valence-corrected chi connectivity index (χ0v) is 10.7. The maximum atomic E-state index is 13.3. The second kappa shape index (κ2) is 6.56. The number of phenols is 1. The minimum Gasteiger partial charge on any atom is -0.504 e. The van der Waals surface area contributed by atoms with Crippen molar-refractivity contribution in [1.29, 1.82) is 0 Å². The number of rotatable bonds is 5. The Morgan fingerprint density at radius 2 is 1.85 bits per heavy atom. The summed E-state index contributed by atoms with van der Waals surface area (Å²) in [5, 5.41) is 12.0. The van der Waals surface area contributed by atoms with Crippen LogP contribution in [0, 0.1) is 5.82 Å². The molecular weight excluding hydrogens is 261 g/mol. The van der Waals surface area contributed by atoms with Crippen molar-refractivity contribution >= 4 is 5.91 Å². The van der Waals surface area contributed by atoms with Gasteiger partial charge in [0.2, 0.25) is 0 Å². The summed E-state index contributed by atoms with van der Waals surface area (Å²) in [6, 6.07) is 12.6. The molecule has 104 valence electrons. The summed E-state index contributed by atoms with van der Waals surface area (Å²) in [6.07, 6.45) is 0. The van der Waals surface area contributed by atoms with Gasteiger partial charge in [-0.2, -0.15) is 0 Å². The van der Waals surface area contributed by atoms with Gasteiger partial charge < -0.3 is 15.2 Å². The maximum Gasteiger partial charge on any atom is 0.258 e. The van der Waals surface area contributed by atoms with Crippen LogP contribution in [0.2, 0.25) is 0 Å². The summed E-state index contributed by atoms with van der Waals surface area (Å²) in [5.74, 6) is -0.561. The third-order valence-electron chi connectivity index (χ3n) is 2.66. The molecule has 1 amide bonds. The van der Waals surface area contributed by atoms with E-state index in [1.807, 2.05) is 0 Å². The number of ether oxygens (including phenoxy) is 1. The highest BCUT2D eigenvalue weighted by atomic mass is 19.1. The van der Waals surface area contributed by atoms with E-state index < -0.39 is 5.91 Å². The fraction of sp³-hybridized carbons (Fsp3) is 0.133. The lowest BCUT2D eigenvalue weighted by atomic mass is 10.2. The first kappa shape index (κ1) is 13.9. The zero-order valence-electron chi connectivity index (χ0n) is 10.7. The number of hydrogen-bond donors (Lipinski definition) is 2. The molecule has 0 fully saturated rings. The van der Waals surface area contributed by atoms with Crippen molar-refractivity contribution in [2.75, 3.05) is 6.61 Å². The Balaban J connectivity index is 1.82. The molecule has 0 saturated heterocycles. The average Bonchev–Trinajstić information content (AvgIpc) is 2.45. The van der Waals surface area contributed by atoms with Gasteiger partial charge in [0.25, 0.3) is 5.91 Å². The number of para-hydroxylation sites is 2. The van der Waals surface area contributed by atoms with Crippen molar-refractivity contribution in [3.8, 4) is 11.5 Å². The second-order valence-electron chi connectivity index (χ2n) is 4.12. The molecule has 20 heavy (non-hydrogen) atoms. The molecule has 0 saturated carbocycles. The van der Waals surface area contributed by atoms with Crippen molar-refractivity contribution in [3.63, 3.8) is 0 Å². The van der Waals surface area contributed by atoms with Crippen LogP contribution in [0.15, 0.2) is 48.5 Å². The monoisotopic (exact) mass is 275 g/mol. The van der Waals surface area contributed by atoms with E-state index in [1.165, 1.54) is 12.1 Å². The first-order chi connectivity index (χ1) is 9.66. The highest BCUT2D eigenvalue weighted by molar-refractivity contribution is 5.77. The average molecular weight is 275 g/mol. The fourth-order valence-corrected chi connectivity index (χ4v) is 1.61. The molecule has 0 bridgehead atoms. The summed E-state index contributed by atoms with van der Waals surface area (Å²) < 4.78 is 18.5. The van der Waals surface area contributed by atoms with E-state index in [1.54, 1.807) is 36.4 Å². The quantitative estimate of drug-likeness (QED) is 0.879. The number of phenolic OH excluding ortho intramolecular Hbond substituents is 1. The van der Waals surface area contributed by atoms with Gasteiger partial charge in [-0.15, -0.1) is 0 Å². The van der Waals surface area contributed by atoms with Gasteiger partial charge in [0.15, 0.2) is 18.1 Å². The molecule has 2 aromatic carbocycles. The van der Waals surface area contributed by atoms with E-state index >= 15 is 0 Å². The summed E-state index contributed by atoms with van der Waals surface area (Å²) in [7, 11) is 0. The van der Waals surface area contributed by atoms with Gasteiger partial charge in [0, 0.05) is 12.1 Å². The smallest absolute Gasteiger partial charge is 0.258 e. The lowest BCUT2D eigenvalue weighted by Gasteiger charge is -2.09. The lowest BCUT2D eigenvalue weighted by molar-refractivity contribution is -0.123. The first-order valence-corrected chi connectivity index (χ1v) is 6.07. The minimum absolute atomic E-state index is 0.0330. The molecule has 0 heterocycles. The molecule has 2 rings (SSSR count). The number of hydrogen-bond acceptors (Lipinski definition) is 3. The van der Waals surface area contributed by atoms with Crippen molar-refractivity contribution in [2.24, 2.45) is 0 Å². The predicted octanol–water partition coefficient (Wildman–Crippen LogP) is 2.23. The van der Waals surface area contributed by atoms with Crippen molar-refractivity contribution in [1.82, 2.24) is 5.32 Å². The normalized spacial score (nSPS) is 10.1. The van der Waals surface area contributed by atoms with Gasteiger partial charge in [0.05, 0.1) is 0 Å². The number of halogens is 1. The fourth-order valence-electron chi connectivity index (χ4n) is 1.61. The highest BCUT2D eigenvalue weighted by Gasteiger charge is 2.07. The van der Waals surface area contributed by atoms with Gasteiger partial charge in [-0.1, -0.05) is 30.3 Å². The van der Waals surface area contributed by atoms with Crippen LogP contribution < -0.4 is 10.1 Å². The molecule has 0 aliphatic rings. The topological polar surface area (TPSA) is 58.6 Å². The minimum atomic E-state index is -0.392. The molecule has 0 spiro atoms. The predicted molar refractivity (Wildman–Crippen MR) is 71.8 cm³/mol. The molecule has 5 heteroatoms. The summed E-state index contributed by atoms with van der Waals surface area (Å²) in [5.41, 5.74) is 0.406. The Kier molecular flexibility index (Phi) is 4.55. The first-order valence-electron chi connectivity index (χ1n) is 6.07. The van der Waals surface area contributed by atoms with Gasteiger partial charge in [-0.3, -0.25) is 4.79 Å². The summed E-state index contributed by atoms with van der Waals surface area (Å²) in [6.45, 7) is -0.151. The molecule has 0 aliphatic carbocycles. The second-order valence-corrected chi connectivity index (χ2v) is 4.12. The van der Waals surface area contributed by atoms with E-state index in [4.69, 9.17) is 4.74 Å². The Hall–Kier alpha value is -2.56. The molecule has 2 N–H and O–H groups in total. The van der Waals surface area contributed by atoms with Gasteiger partial charge >= 0.3 is 0 Å². The van der Waals surface area contributed by atoms with Crippen LogP contribution in [-0.4, -0.2) is 17.6 Å². The lowest BCUT2D eigenvalue weighted by Crippen LogP contribution is -2.28. The molecule has 0 aliphatic heterocycles. The van der Waals surface area contributed by atoms with E-state index in [0.29, 0.717) is 5.56 Å². The van der Waals surface area contributed by atoms with Crippen molar-refractivity contribution in [2.45, 2.75) is 6.54 Å². The van der Waals surface area contributed by atoms with Crippen LogP contribution in [0.5, 0.6) is 11.5 Å². The number of nitrogens with one attached hydrogen (secondary N) is 1. The largest absolute Gasteiger partial charge is 0.504 e. The van der Waals surface area contributed by atoms with E-state index in [0.717, 1.165) is 0 Å². The van der Waals surface area contributed by atoms with Crippen LogP contribution >= 0.6 is 0 Å². The Morgan fingerprint density at radius 3 is 2.60 bits per heavy atom. The number of aromatic hydroxyl groups is 1. The molecule has 0 unspecified atom stereocenters. The Morgan fingerprint density at radius 1 is 1.15 bits per heavy atom. The van der Waals surface area contributed by atoms with E-state index in [-0.39, 0.29) is 30.5 Å². The molecule has 0 atom stereocenters. The number of benzene rings is 2. The van der Waals surface area contributed by atoms with Crippen LogP contribution in [0.1, 0.15) is 5.56 Å². The number of carbonyl (C=O) groups is 1. The van der Waals surface area contributed by atoms with Gasteiger partial charge in [0.1, 0.15) is 5.82 Å². The highest BCUT2D eigenvalue weighted by Crippen LogP contribution is 2.23. The molecule has 0 radical (unpaired) electrons. The molecular formula is C15H14FNO3. The van der Waals surface area contributed by atoms with Crippen LogP contribution in [0.25, 0.3) is 0 Å². The Labute approximate surface area is 115 Å². The third-order valence-corrected chi connectivity index (χ3v) is 2.66.